The van der Waals surface area contributed by atoms with E-state index in [1.54, 1.807) is 38.1 Å². The van der Waals surface area contributed by atoms with Crippen LogP contribution in [0.1, 0.15) is 38.7 Å². The van der Waals surface area contributed by atoms with Gasteiger partial charge in [0.2, 0.25) is 5.91 Å². The van der Waals surface area contributed by atoms with Gasteiger partial charge in [-0.3, -0.25) is 9.59 Å². The maximum Gasteiger partial charge on any atom is 0.313 e. The van der Waals surface area contributed by atoms with Crippen molar-refractivity contribution in [2.75, 3.05) is 5.32 Å². The highest BCUT2D eigenvalue weighted by Crippen LogP contribution is 2.25. The van der Waals surface area contributed by atoms with Gasteiger partial charge in [0.15, 0.2) is 0 Å². The van der Waals surface area contributed by atoms with Gasteiger partial charge in [-0.15, -0.1) is 0 Å². The number of carboxylic acids is 1. The van der Waals surface area contributed by atoms with Crippen molar-refractivity contribution in [2.24, 2.45) is 5.92 Å². The molecule has 1 unspecified atom stereocenters. The minimum absolute atomic E-state index is 0.0320. The molecular formula is C17H21NO3. The van der Waals surface area contributed by atoms with E-state index < -0.39 is 11.4 Å². The maximum absolute atomic E-state index is 12.1. The Bertz CT molecular complexity index is 558. The molecule has 1 aliphatic rings. The summed E-state index contributed by atoms with van der Waals surface area (Å²) < 4.78 is 0. The number of hydrogen-bond donors (Lipinski definition) is 2. The highest BCUT2D eigenvalue weighted by atomic mass is 16.4. The van der Waals surface area contributed by atoms with E-state index >= 15 is 0 Å². The summed E-state index contributed by atoms with van der Waals surface area (Å²) in [4.78, 5) is 23.3. The molecule has 0 radical (unpaired) electrons. The van der Waals surface area contributed by atoms with Crippen molar-refractivity contribution in [3.63, 3.8) is 0 Å². The molecule has 1 amide bonds. The summed E-state index contributed by atoms with van der Waals surface area (Å²) in [5, 5.41) is 12.1. The molecular weight excluding hydrogens is 266 g/mol. The SMILES string of the molecule is CC(C)(C(=O)O)c1ccc(NC(=O)C2CC=CCC2)cc1. The van der Waals surface area contributed by atoms with Crippen molar-refractivity contribution >= 4 is 17.6 Å². The van der Waals surface area contributed by atoms with E-state index in [9.17, 15) is 14.7 Å². The lowest BCUT2D eigenvalue weighted by molar-refractivity contribution is -0.142. The van der Waals surface area contributed by atoms with E-state index in [2.05, 4.69) is 11.4 Å². The van der Waals surface area contributed by atoms with Gasteiger partial charge >= 0.3 is 5.97 Å². The molecule has 2 rings (SSSR count). The van der Waals surface area contributed by atoms with Gasteiger partial charge < -0.3 is 10.4 Å². The van der Waals surface area contributed by atoms with Crippen LogP contribution in [0.15, 0.2) is 36.4 Å². The molecule has 4 nitrogen and oxygen atoms in total. The summed E-state index contributed by atoms with van der Waals surface area (Å²) in [6, 6.07) is 7.03. The van der Waals surface area contributed by atoms with Crippen LogP contribution in [-0.4, -0.2) is 17.0 Å². The summed E-state index contributed by atoms with van der Waals surface area (Å²) in [5.41, 5.74) is 0.490. The molecule has 0 saturated heterocycles. The van der Waals surface area contributed by atoms with Gasteiger partial charge in [-0.05, 0) is 50.8 Å². The average molecular weight is 287 g/mol. The first-order valence-electron chi connectivity index (χ1n) is 7.21. The number of carboxylic acid groups (broad SMARTS) is 1. The molecule has 1 atom stereocenters. The number of amides is 1. The van der Waals surface area contributed by atoms with E-state index in [1.807, 2.05) is 6.08 Å². The number of hydrogen-bond acceptors (Lipinski definition) is 2. The predicted molar refractivity (Wildman–Crippen MR) is 82.2 cm³/mol. The summed E-state index contributed by atoms with van der Waals surface area (Å²) in [7, 11) is 0. The number of carbonyl (C=O) groups is 2. The zero-order chi connectivity index (χ0) is 15.5. The molecule has 1 aromatic carbocycles. The third kappa shape index (κ3) is 3.51. The molecule has 0 aliphatic heterocycles. The second-order valence-electron chi connectivity index (χ2n) is 5.98. The molecule has 0 bridgehead atoms. The number of anilines is 1. The Morgan fingerprint density at radius 3 is 2.38 bits per heavy atom. The number of aliphatic carboxylic acids is 1. The van der Waals surface area contributed by atoms with Gasteiger partial charge in [-0.25, -0.2) is 0 Å². The Kier molecular flexibility index (Phi) is 4.46. The summed E-state index contributed by atoms with van der Waals surface area (Å²) in [6.07, 6.45) is 6.77. The fourth-order valence-corrected chi connectivity index (χ4v) is 2.37. The highest BCUT2D eigenvalue weighted by molar-refractivity contribution is 5.92. The Morgan fingerprint density at radius 2 is 1.86 bits per heavy atom. The van der Waals surface area contributed by atoms with Crippen molar-refractivity contribution in [1.82, 2.24) is 0 Å². The number of nitrogens with one attached hydrogen (secondary N) is 1. The first-order valence-corrected chi connectivity index (χ1v) is 7.21. The van der Waals surface area contributed by atoms with Crippen LogP contribution in [0.3, 0.4) is 0 Å². The Labute approximate surface area is 124 Å². The zero-order valence-electron chi connectivity index (χ0n) is 12.4. The lowest BCUT2D eigenvalue weighted by Gasteiger charge is -2.20. The van der Waals surface area contributed by atoms with Crippen molar-refractivity contribution in [1.29, 1.82) is 0 Å². The second kappa shape index (κ2) is 6.12. The van der Waals surface area contributed by atoms with E-state index in [4.69, 9.17) is 0 Å². The second-order valence-corrected chi connectivity index (χ2v) is 5.98. The van der Waals surface area contributed by atoms with Crippen LogP contribution >= 0.6 is 0 Å². The van der Waals surface area contributed by atoms with Gasteiger partial charge in [0.25, 0.3) is 0 Å². The van der Waals surface area contributed by atoms with Crippen LogP contribution < -0.4 is 5.32 Å². The number of benzene rings is 1. The molecule has 0 saturated carbocycles. The minimum atomic E-state index is -0.934. The third-order valence-corrected chi connectivity index (χ3v) is 4.05. The minimum Gasteiger partial charge on any atom is -0.481 e. The maximum atomic E-state index is 12.1. The Morgan fingerprint density at radius 1 is 1.19 bits per heavy atom. The van der Waals surface area contributed by atoms with Gasteiger partial charge in [-0.2, -0.15) is 0 Å². The highest BCUT2D eigenvalue weighted by Gasteiger charge is 2.29. The van der Waals surface area contributed by atoms with Crippen LogP contribution in [0.25, 0.3) is 0 Å². The zero-order valence-corrected chi connectivity index (χ0v) is 12.4. The van der Waals surface area contributed by atoms with Crippen LogP contribution in [0, 0.1) is 5.92 Å². The normalized spacial score (nSPS) is 18.3. The topological polar surface area (TPSA) is 66.4 Å². The monoisotopic (exact) mass is 287 g/mol. The molecule has 112 valence electrons. The third-order valence-electron chi connectivity index (χ3n) is 4.05. The molecule has 2 N–H and O–H groups in total. The molecule has 0 aromatic heterocycles. The Hall–Kier alpha value is -2.10. The van der Waals surface area contributed by atoms with Crippen molar-refractivity contribution in [3.05, 3.63) is 42.0 Å². The van der Waals surface area contributed by atoms with Crippen LogP contribution in [0.4, 0.5) is 5.69 Å². The van der Waals surface area contributed by atoms with Crippen molar-refractivity contribution in [2.45, 2.75) is 38.5 Å². The number of rotatable bonds is 4. The van der Waals surface area contributed by atoms with Crippen molar-refractivity contribution in [3.8, 4) is 0 Å². The summed E-state index contributed by atoms with van der Waals surface area (Å²) in [6.45, 7) is 3.33. The molecule has 1 aliphatic carbocycles. The number of allylic oxidation sites excluding steroid dienone is 2. The molecule has 0 heterocycles. The smallest absolute Gasteiger partial charge is 0.313 e. The Balaban J connectivity index is 2.04. The van der Waals surface area contributed by atoms with Gasteiger partial charge in [-0.1, -0.05) is 24.3 Å². The van der Waals surface area contributed by atoms with E-state index in [-0.39, 0.29) is 11.8 Å². The van der Waals surface area contributed by atoms with Gasteiger partial charge in [0, 0.05) is 11.6 Å². The summed E-state index contributed by atoms with van der Waals surface area (Å²) >= 11 is 0. The fraction of sp³-hybridized carbons (Fsp3) is 0.412. The first-order chi connectivity index (χ1) is 9.91. The first kappa shape index (κ1) is 15.3. The van der Waals surface area contributed by atoms with E-state index in [0.29, 0.717) is 11.3 Å². The van der Waals surface area contributed by atoms with E-state index in [0.717, 1.165) is 19.3 Å². The summed E-state index contributed by atoms with van der Waals surface area (Å²) in [5.74, 6) is -0.803. The molecule has 4 heteroatoms. The largest absolute Gasteiger partial charge is 0.481 e. The number of carbonyl (C=O) groups excluding carboxylic acids is 1. The molecule has 0 fully saturated rings. The van der Waals surface area contributed by atoms with Crippen LogP contribution in [0.5, 0.6) is 0 Å². The lowest BCUT2D eigenvalue weighted by atomic mass is 9.85. The van der Waals surface area contributed by atoms with Gasteiger partial charge in [0.05, 0.1) is 5.41 Å². The van der Waals surface area contributed by atoms with Crippen LogP contribution in [0.2, 0.25) is 0 Å². The quantitative estimate of drug-likeness (QED) is 0.835. The average Bonchev–Trinajstić information content (AvgIpc) is 2.48. The standard InChI is InChI=1S/C17H21NO3/c1-17(2,16(20)21)13-8-10-14(11-9-13)18-15(19)12-6-4-3-5-7-12/h3-4,8-12H,5-7H2,1-2H3,(H,18,19)(H,20,21). The van der Waals surface area contributed by atoms with Crippen LogP contribution in [-0.2, 0) is 15.0 Å². The van der Waals surface area contributed by atoms with E-state index in [1.165, 1.54) is 0 Å². The molecule has 21 heavy (non-hydrogen) atoms. The lowest BCUT2D eigenvalue weighted by Crippen LogP contribution is -2.28. The van der Waals surface area contributed by atoms with Gasteiger partial charge in [0.1, 0.15) is 0 Å². The molecule has 1 aromatic rings. The molecule has 0 spiro atoms. The fourth-order valence-electron chi connectivity index (χ4n) is 2.37. The predicted octanol–water partition coefficient (Wildman–Crippen LogP) is 3.34. The van der Waals surface area contributed by atoms with Crippen molar-refractivity contribution < 1.29 is 14.7 Å².